The van der Waals surface area contributed by atoms with Crippen LogP contribution in [0.5, 0.6) is 0 Å². The molecular weight excluding hydrogens is 276 g/mol. The Labute approximate surface area is 136 Å². The number of unbranched alkanes of at least 4 members (excludes halogenated alkanes) is 7. The van der Waals surface area contributed by atoms with Crippen LogP contribution in [0.25, 0.3) is 0 Å². The molecule has 3 nitrogen and oxygen atoms in total. The van der Waals surface area contributed by atoms with Gasteiger partial charge in [0.2, 0.25) is 0 Å². The summed E-state index contributed by atoms with van der Waals surface area (Å²) in [5, 5.41) is 20.3. The summed E-state index contributed by atoms with van der Waals surface area (Å²) >= 11 is 0. The summed E-state index contributed by atoms with van der Waals surface area (Å²) in [5.41, 5.74) is 0. The summed E-state index contributed by atoms with van der Waals surface area (Å²) < 4.78 is 5.88. The van der Waals surface area contributed by atoms with Crippen molar-refractivity contribution in [1.82, 2.24) is 0 Å². The van der Waals surface area contributed by atoms with Gasteiger partial charge in [0.15, 0.2) is 0 Å². The summed E-state index contributed by atoms with van der Waals surface area (Å²) in [4.78, 5) is 0. The third-order valence-corrected chi connectivity index (χ3v) is 4.68. The molecule has 0 amide bonds. The SMILES string of the molecule is C=CCCCCCCC[C@H](O)C1C[C@H](O)C(CCCCC)O1. The van der Waals surface area contributed by atoms with E-state index in [-0.39, 0.29) is 12.2 Å². The highest BCUT2D eigenvalue weighted by Crippen LogP contribution is 2.28. The second kappa shape index (κ2) is 12.1. The van der Waals surface area contributed by atoms with E-state index < -0.39 is 12.2 Å². The number of ether oxygens (including phenoxy) is 1. The van der Waals surface area contributed by atoms with E-state index in [0.29, 0.717) is 6.42 Å². The number of aliphatic hydroxyl groups excluding tert-OH is 2. The monoisotopic (exact) mass is 312 g/mol. The van der Waals surface area contributed by atoms with Crippen molar-refractivity contribution in [3.63, 3.8) is 0 Å². The van der Waals surface area contributed by atoms with Gasteiger partial charge in [-0.2, -0.15) is 0 Å². The Bertz CT molecular complexity index is 280. The molecular formula is C19H36O3. The molecule has 2 unspecified atom stereocenters. The topological polar surface area (TPSA) is 49.7 Å². The van der Waals surface area contributed by atoms with E-state index in [1.165, 1.54) is 38.5 Å². The fourth-order valence-electron chi connectivity index (χ4n) is 3.22. The summed E-state index contributed by atoms with van der Waals surface area (Å²) in [5.74, 6) is 0. The number of aliphatic hydroxyl groups is 2. The van der Waals surface area contributed by atoms with Crippen LogP contribution >= 0.6 is 0 Å². The van der Waals surface area contributed by atoms with Gasteiger partial charge in [-0.15, -0.1) is 6.58 Å². The minimum atomic E-state index is -0.418. The van der Waals surface area contributed by atoms with Crippen LogP contribution in [0.4, 0.5) is 0 Å². The van der Waals surface area contributed by atoms with E-state index in [9.17, 15) is 10.2 Å². The number of rotatable bonds is 13. The van der Waals surface area contributed by atoms with E-state index in [4.69, 9.17) is 4.74 Å². The maximum atomic E-state index is 10.2. The molecule has 0 radical (unpaired) electrons. The summed E-state index contributed by atoms with van der Waals surface area (Å²) in [7, 11) is 0. The van der Waals surface area contributed by atoms with E-state index in [0.717, 1.165) is 32.1 Å². The zero-order chi connectivity index (χ0) is 16.2. The van der Waals surface area contributed by atoms with Crippen molar-refractivity contribution in [3.8, 4) is 0 Å². The lowest BCUT2D eigenvalue weighted by atomic mass is 10.0. The van der Waals surface area contributed by atoms with E-state index >= 15 is 0 Å². The van der Waals surface area contributed by atoms with Gasteiger partial charge in [-0.25, -0.2) is 0 Å². The Balaban J connectivity index is 2.10. The maximum absolute atomic E-state index is 10.2. The standard InChI is InChI=1S/C19H36O3/c1-3-5-7-8-9-10-12-13-16(20)19-15-17(21)18(22-19)14-11-6-4-2/h3,16-21H,1,4-15H2,2H3/t16-,17-,18?,19?/m0/s1. The molecule has 1 aliphatic heterocycles. The number of hydrogen-bond acceptors (Lipinski definition) is 3. The van der Waals surface area contributed by atoms with Crippen LogP contribution in [0.15, 0.2) is 12.7 Å². The summed E-state index contributed by atoms with van der Waals surface area (Å²) in [6, 6.07) is 0. The van der Waals surface area contributed by atoms with Crippen molar-refractivity contribution in [2.75, 3.05) is 0 Å². The van der Waals surface area contributed by atoms with Crippen molar-refractivity contribution in [2.45, 2.75) is 108 Å². The third-order valence-electron chi connectivity index (χ3n) is 4.68. The molecule has 2 N–H and O–H groups in total. The molecule has 3 heteroatoms. The smallest absolute Gasteiger partial charge is 0.0864 e. The molecule has 0 bridgehead atoms. The van der Waals surface area contributed by atoms with Crippen LogP contribution in [0.3, 0.4) is 0 Å². The average molecular weight is 312 g/mol. The molecule has 1 heterocycles. The highest BCUT2D eigenvalue weighted by atomic mass is 16.5. The minimum Gasteiger partial charge on any atom is -0.390 e. The lowest BCUT2D eigenvalue weighted by Crippen LogP contribution is -2.26. The van der Waals surface area contributed by atoms with Crippen LogP contribution in [-0.4, -0.2) is 34.6 Å². The van der Waals surface area contributed by atoms with Crippen LogP contribution in [0.1, 0.15) is 84.0 Å². The number of allylic oxidation sites excluding steroid dienone is 1. The van der Waals surface area contributed by atoms with Crippen molar-refractivity contribution in [3.05, 3.63) is 12.7 Å². The second-order valence-electron chi connectivity index (χ2n) is 6.71. The van der Waals surface area contributed by atoms with Crippen LogP contribution in [-0.2, 0) is 4.74 Å². The summed E-state index contributed by atoms with van der Waals surface area (Å²) in [6.45, 7) is 5.91. The zero-order valence-electron chi connectivity index (χ0n) is 14.4. The zero-order valence-corrected chi connectivity index (χ0v) is 14.4. The first-order valence-electron chi connectivity index (χ1n) is 9.31. The van der Waals surface area contributed by atoms with E-state index in [2.05, 4.69) is 13.5 Å². The molecule has 130 valence electrons. The van der Waals surface area contributed by atoms with Gasteiger partial charge in [0.1, 0.15) is 0 Å². The van der Waals surface area contributed by atoms with Gasteiger partial charge >= 0.3 is 0 Å². The molecule has 0 spiro atoms. The van der Waals surface area contributed by atoms with E-state index in [1.807, 2.05) is 6.08 Å². The van der Waals surface area contributed by atoms with Crippen molar-refractivity contribution in [2.24, 2.45) is 0 Å². The molecule has 1 saturated heterocycles. The minimum absolute atomic E-state index is 0.0647. The van der Waals surface area contributed by atoms with Crippen molar-refractivity contribution in [1.29, 1.82) is 0 Å². The van der Waals surface area contributed by atoms with Crippen LogP contribution < -0.4 is 0 Å². The Morgan fingerprint density at radius 3 is 2.59 bits per heavy atom. The highest BCUT2D eigenvalue weighted by molar-refractivity contribution is 4.85. The molecule has 1 aliphatic rings. The molecule has 4 atom stereocenters. The molecule has 0 aromatic carbocycles. The predicted octanol–water partition coefficient (Wildman–Crippen LogP) is 4.36. The van der Waals surface area contributed by atoms with Gasteiger partial charge < -0.3 is 14.9 Å². The number of hydrogen-bond donors (Lipinski definition) is 2. The Hall–Kier alpha value is -0.380. The highest BCUT2D eigenvalue weighted by Gasteiger charge is 2.36. The lowest BCUT2D eigenvalue weighted by Gasteiger charge is -2.19. The fraction of sp³-hybridized carbons (Fsp3) is 0.895. The predicted molar refractivity (Wildman–Crippen MR) is 91.9 cm³/mol. The fourth-order valence-corrected chi connectivity index (χ4v) is 3.22. The first-order chi connectivity index (χ1) is 10.7. The molecule has 0 aromatic heterocycles. The Kier molecular flexibility index (Phi) is 10.8. The van der Waals surface area contributed by atoms with Gasteiger partial charge in [0, 0.05) is 6.42 Å². The van der Waals surface area contributed by atoms with Crippen LogP contribution in [0, 0.1) is 0 Å². The molecule has 1 rings (SSSR count). The Morgan fingerprint density at radius 2 is 1.86 bits per heavy atom. The van der Waals surface area contributed by atoms with Crippen LogP contribution in [0.2, 0.25) is 0 Å². The molecule has 0 saturated carbocycles. The third kappa shape index (κ3) is 7.75. The second-order valence-corrected chi connectivity index (χ2v) is 6.71. The Morgan fingerprint density at radius 1 is 1.14 bits per heavy atom. The van der Waals surface area contributed by atoms with Crippen molar-refractivity contribution >= 4 is 0 Å². The average Bonchev–Trinajstić information content (AvgIpc) is 2.88. The molecule has 1 fully saturated rings. The molecule has 22 heavy (non-hydrogen) atoms. The lowest BCUT2D eigenvalue weighted by molar-refractivity contribution is -0.0498. The largest absolute Gasteiger partial charge is 0.390 e. The van der Waals surface area contributed by atoms with E-state index in [1.54, 1.807) is 0 Å². The molecule has 0 aromatic rings. The summed E-state index contributed by atoms with van der Waals surface area (Å²) in [6.07, 6.45) is 13.7. The quantitative estimate of drug-likeness (QED) is 0.392. The maximum Gasteiger partial charge on any atom is 0.0864 e. The molecule has 0 aliphatic carbocycles. The van der Waals surface area contributed by atoms with Gasteiger partial charge in [-0.3, -0.25) is 0 Å². The normalized spacial score (nSPS) is 26.2. The first kappa shape index (κ1) is 19.7. The van der Waals surface area contributed by atoms with Gasteiger partial charge in [0.25, 0.3) is 0 Å². The van der Waals surface area contributed by atoms with Gasteiger partial charge in [-0.1, -0.05) is 57.9 Å². The van der Waals surface area contributed by atoms with Gasteiger partial charge in [-0.05, 0) is 25.7 Å². The first-order valence-corrected chi connectivity index (χ1v) is 9.31. The van der Waals surface area contributed by atoms with Gasteiger partial charge in [0.05, 0.1) is 24.4 Å². The van der Waals surface area contributed by atoms with Crippen molar-refractivity contribution < 1.29 is 14.9 Å².